The van der Waals surface area contributed by atoms with Crippen molar-refractivity contribution in [3.8, 4) is 33.4 Å². The smallest absolute Gasteiger partial charge is 0.0468 e. The molecule has 66 heavy (non-hydrogen) atoms. The standard InChI is InChI=1S/C64H44N2/c1-5-13-59(14-6-1)65(60-15-7-2-8-16-60)63-35-33-55-41-53(29-31-57(55)43-63)51-27-25-47-37-45(21-23-49(47)39-51)46-22-24-50-40-52(28-26-48(50)38-46)54-30-32-58-44-64(36-34-56(58)42-54)66(61-17-9-3-10-18-61)62-19-11-4-12-20-62/h1-44H. The predicted octanol–water partition coefficient (Wildman–Crippen LogP) is 18.2. The molecule has 0 aliphatic heterocycles. The van der Waals surface area contributed by atoms with Gasteiger partial charge in [0.2, 0.25) is 0 Å². The van der Waals surface area contributed by atoms with Crippen molar-refractivity contribution in [1.82, 2.24) is 0 Å². The normalized spacial score (nSPS) is 11.3. The number of benzene rings is 12. The van der Waals surface area contributed by atoms with Crippen LogP contribution in [-0.4, -0.2) is 0 Å². The Morgan fingerprint density at radius 3 is 0.576 bits per heavy atom. The fourth-order valence-corrected chi connectivity index (χ4v) is 9.52. The molecule has 12 aromatic carbocycles. The third-order valence-electron chi connectivity index (χ3n) is 12.9. The molecule has 0 fully saturated rings. The molecule has 0 unspecified atom stereocenters. The summed E-state index contributed by atoms with van der Waals surface area (Å²) in [7, 11) is 0. The molecule has 0 heterocycles. The summed E-state index contributed by atoms with van der Waals surface area (Å²) in [4.78, 5) is 4.63. The third kappa shape index (κ3) is 7.51. The zero-order valence-corrected chi connectivity index (χ0v) is 36.3. The second kappa shape index (κ2) is 16.8. The first-order valence-electron chi connectivity index (χ1n) is 22.6. The Balaban J connectivity index is 0.784. The number of anilines is 6. The van der Waals surface area contributed by atoms with Gasteiger partial charge in [-0.3, -0.25) is 0 Å². The van der Waals surface area contributed by atoms with Gasteiger partial charge in [-0.05, 0) is 186 Å². The van der Waals surface area contributed by atoms with Gasteiger partial charge >= 0.3 is 0 Å². The maximum atomic E-state index is 2.32. The van der Waals surface area contributed by atoms with Crippen molar-refractivity contribution >= 4 is 77.2 Å². The largest absolute Gasteiger partial charge is 0.310 e. The predicted molar refractivity (Wildman–Crippen MR) is 282 cm³/mol. The minimum absolute atomic E-state index is 1.14. The summed E-state index contributed by atoms with van der Waals surface area (Å²) in [5.41, 5.74) is 14.1. The molecule has 0 radical (unpaired) electrons. The van der Waals surface area contributed by atoms with Crippen LogP contribution in [0.2, 0.25) is 0 Å². The lowest BCUT2D eigenvalue weighted by atomic mass is 9.94. The van der Waals surface area contributed by atoms with E-state index < -0.39 is 0 Å². The van der Waals surface area contributed by atoms with Gasteiger partial charge in [0.25, 0.3) is 0 Å². The Kier molecular flexibility index (Phi) is 9.89. The average molecular weight is 841 g/mol. The van der Waals surface area contributed by atoms with Gasteiger partial charge in [-0.15, -0.1) is 0 Å². The summed E-state index contributed by atoms with van der Waals surface area (Å²) < 4.78 is 0. The van der Waals surface area contributed by atoms with Crippen LogP contribution in [0.1, 0.15) is 0 Å². The zero-order valence-electron chi connectivity index (χ0n) is 36.3. The first-order chi connectivity index (χ1) is 32.7. The van der Waals surface area contributed by atoms with Crippen LogP contribution in [0.3, 0.4) is 0 Å². The highest BCUT2D eigenvalue weighted by molar-refractivity contribution is 5.98. The quantitative estimate of drug-likeness (QED) is 0.143. The molecule has 0 aliphatic carbocycles. The van der Waals surface area contributed by atoms with Gasteiger partial charge in [0, 0.05) is 34.1 Å². The second-order valence-corrected chi connectivity index (χ2v) is 17.1. The molecule has 0 bridgehead atoms. The van der Waals surface area contributed by atoms with E-state index in [1.807, 2.05) is 0 Å². The third-order valence-corrected chi connectivity index (χ3v) is 12.9. The Hall–Kier alpha value is -8.72. The van der Waals surface area contributed by atoms with Crippen molar-refractivity contribution in [2.24, 2.45) is 0 Å². The molecule has 0 saturated carbocycles. The van der Waals surface area contributed by atoms with Crippen LogP contribution in [0.5, 0.6) is 0 Å². The van der Waals surface area contributed by atoms with Crippen molar-refractivity contribution < 1.29 is 0 Å². The van der Waals surface area contributed by atoms with Gasteiger partial charge in [0.15, 0.2) is 0 Å². The van der Waals surface area contributed by atoms with Crippen LogP contribution in [0, 0.1) is 0 Å². The summed E-state index contributed by atoms with van der Waals surface area (Å²) in [6.45, 7) is 0. The van der Waals surface area contributed by atoms with Crippen molar-refractivity contribution in [2.75, 3.05) is 9.80 Å². The number of rotatable bonds is 9. The number of fused-ring (bicyclic) bond motifs is 4. The van der Waals surface area contributed by atoms with E-state index in [1.54, 1.807) is 0 Å². The average Bonchev–Trinajstić information content (AvgIpc) is 3.39. The molecule has 0 amide bonds. The molecule has 0 spiro atoms. The van der Waals surface area contributed by atoms with Gasteiger partial charge < -0.3 is 9.80 Å². The minimum atomic E-state index is 1.14. The van der Waals surface area contributed by atoms with Gasteiger partial charge in [-0.2, -0.15) is 0 Å². The molecular formula is C64H44N2. The molecule has 0 saturated heterocycles. The van der Waals surface area contributed by atoms with E-state index in [2.05, 4.69) is 277 Å². The maximum absolute atomic E-state index is 2.32. The molecule has 0 N–H and O–H groups in total. The SMILES string of the molecule is c1ccc(N(c2ccccc2)c2ccc3cc(-c4ccc5cc(-c6ccc7cc(-c8ccc9cc(N(c%10ccccc%10)c%10ccccc%10)ccc9c8)ccc7c6)ccc5c4)ccc3c2)cc1. The minimum Gasteiger partial charge on any atom is -0.310 e. The number of hydrogen-bond donors (Lipinski definition) is 0. The summed E-state index contributed by atoms with van der Waals surface area (Å²) in [5, 5.41) is 9.79. The van der Waals surface area contributed by atoms with Crippen LogP contribution >= 0.6 is 0 Å². The molecule has 12 rings (SSSR count). The Morgan fingerprint density at radius 1 is 0.152 bits per heavy atom. The lowest BCUT2D eigenvalue weighted by Gasteiger charge is -2.25. The molecule has 0 aromatic heterocycles. The molecule has 0 atom stereocenters. The Labute approximate surface area is 385 Å². The molecule has 310 valence electrons. The summed E-state index contributed by atoms with van der Waals surface area (Å²) in [5.74, 6) is 0. The van der Waals surface area contributed by atoms with E-state index >= 15 is 0 Å². The fraction of sp³-hybridized carbons (Fsp3) is 0. The van der Waals surface area contributed by atoms with Gasteiger partial charge in [0.05, 0.1) is 0 Å². The van der Waals surface area contributed by atoms with E-state index in [4.69, 9.17) is 0 Å². The Bertz CT molecular complexity index is 3370. The van der Waals surface area contributed by atoms with Crippen LogP contribution in [0.15, 0.2) is 267 Å². The second-order valence-electron chi connectivity index (χ2n) is 17.1. The maximum Gasteiger partial charge on any atom is 0.0468 e. The van der Waals surface area contributed by atoms with Crippen molar-refractivity contribution in [1.29, 1.82) is 0 Å². The van der Waals surface area contributed by atoms with Gasteiger partial charge in [-0.25, -0.2) is 0 Å². The first kappa shape index (κ1) is 38.9. The van der Waals surface area contributed by atoms with Crippen molar-refractivity contribution in [2.45, 2.75) is 0 Å². The van der Waals surface area contributed by atoms with Crippen LogP contribution in [0.4, 0.5) is 34.1 Å². The monoisotopic (exact) mass is 840 g/mol. The summed E-state index contributed by atoms with van der Waals surface area (Å²) >= 11 is 0. The molecular weight excluding hydrogens is 797 g/mol. The summed E-state index contributed by atoms with van der Waals surface area (Å²) in [6.07, 6.45) is 0. The van der Waals surface area contributed by atoms with Crippen LogP contribution < -0.4 is 9.80 Å². The van der Waals surface area contributed by atoms with Crippen LogP contribution in [-0.2, 0) is 0 Å². The highest BCUT2D eigenvalue weighted by Gasteiger charge is 2.15. The molecule has 0 aliphatic rings. The van der Waals surface area contributed by atoms with E-state index in [1.165, 1.54) is 76.5 Å². The lowest BCUT2D eigenvalue weighted by molar-refractivity contribution is 1.29. The number of para-hydroxylation sites is 4. The fourth-order valence-electron chi connectivity index (χ4n) is 9.52. The zero-order chi connectivity index (χ0) is 43.8. The first-order valence-corrected chi connectivity index (χ1v) is 22.6. The number of hydrogen-bond acceptors (Lipinski definition) is 2. The van der Waals surface area contributed by atoms with E-state index in [9.17, 15) is 0 Å². The molecule has 2 nitrogen and oxygen atoms in total. The highest BCUT2D eigenvalue weighted by atomic mass is 15.1. The van der Waals surface area contributed by atoms with E-state index in [0.29, 0.717) is 0 Å². The molecule has 12 aromatic rings. The topological polar surface area (TPSA) is 6.48 Å². The van der Waals surface area contributed by atoms with E-state index in [0.717, 1.165) is 34.1 Å². The van der Waals surface area contributed by atoms with Gasteiger partial charge in [0.1, 0.15) is 0 Å². The Morgan fingerprint density at radius 2 is 0.348 bits per heavy atom. The van der Waals surface area contributed by atoms with E-state index in [-0.39, 0.29) is 0 Å². The van der Waals surface area contributed by atoms with Crippen molar-refractivity contribution in [3.63, 3.8) is 0 Å². The number of nitrogens with zero attached hydrogens (tertiary/aromatic N) is 2. The molecule has 2 heteroatoms. The lowest BCUT2D eigenvalue weighted by Crippen LogP contribution is -2.09. The van der Waals surface area contributed by atoms with Crippen LogP contribution in [0.25, 0.3) is 76.5 Å². The van der Waals surface area contributed by atoms with Gasteiger partial charge in [-0.1, -0.05) is 158 Å². The van der Waals surface area contributed by atoms with Crippen molar-refractivity contribution in [3.05, 3.63) is 267 Å². The highest BCUT2D eigenvalue weighted by Crippen LogP contribution is 2.39. The summed E-state index contributed by atoms with van der Waals surface area (Å²) in [6, 6.07) is 96.8.